The van der Waals surface area contributed by atoms with Crippen LogP contribution in [0.3, 0.4) is 0 Å². The largest absolute Gasteiger partial charge is 0.311 e. The first-order valence-electron chi connectivity index (χ1n) is 10.5. The molecule has 6 rings (SSSR count). The molecule has 4 aromatic rings. The summed E-state index contributed by atoms with van der Waals surface area (Å²) in [5.41, 5.74) is 4.57. The molecule has 30 heavy (non-hydrogen) atoms. The van der Waals surface area contributed by atoms with Crippen LogP contribution in [0.15, 0.2) is 53.5 Å². The van der Waals surface area contributed by atoms with E-state index in [-0.39, 0.29) is 18.0 Å². The number of carbonyl (C=O) groups is 1. The highest BCUT2D eigenvalue weighted by molar-refractivity contribution is 5.95. The molecule has 3 aromatic heterocycles. The van der Waals surface area contributed by atoms with E-state index in [2.05, 4.69) is 16.1 Å². The van der Waals surface area contributed by atoms with Crippen molar-refractivity contribution >= 4 is 28.3 Å². The second kappa shape index (κ2) is 6.52. The van der Waals surface area contributed by atoms with Crippen LogP contribution in [0.4, 0.5) is 5.69 Å². The maximum Gasteiger partial charge on any atom is 0.277 e. The molecule has 1 aromatic carbocycles. The summed E-state index contributed by atoms with van der Waals surface area (Å²) in [6, 6.07) is 13.5. The Morgan fingerprint density at radius 3 is 2.83 bits per heavy atom. The average molecular weight is 399 g/mol. The summed E-state index contributed by atoms with van der Waals surface area (Å²) in [6.45, 7) is 0.650. The summed E-state index contributed by atoms with van der Waals surface area (Å²) in [7, 11) is 0. The van der Waals surface area contributed by atoms with Crippen LogP contribution in [0.2, 0.25) is 0 Å². The Morgan fingerprint density at radius 2 is 1.97 bits per heavy atom. The molecule has 0 bridgehead atoms. The second-order valence-electron chi connectivity index (χ2n) is 8.16. The third-order valence-corrected chi connectivity index (χ3v) is 6.15. The average Bonchev–Trinajstić information content (AvgIpc) is 3.54. The Labute approximate surface area is 172 Å². The van der Waals surface area contributed by atoms with Crippen LogP contribution in [0.5, 0.6) is 0 Å². The van der Waals surface area contributed by atoms with Crippen LogP contribution in [0.25, 0.3) is 16.7 Å². The number of nitrogens with zero attached hydrogens (tertiary/aromatic N) is 5. The molecular weight excluding hydrogens is 378 g/mol. The molecule has 0 atom stereocenters. The Bertz CT molecular complexity index is 1370. The third-order valence-electron chi connectivity index (χ3n) is 6.15. The number of pyridine rings is 1. The maximum atomic E-state index is 13.4. The number of aryl methyl sites for hydroxylation is 1. The molecule has 0 saturated heterocycles. The van der Waals surface area contributed by atoms with Gasteiger partial charge >= 0.3 is 0 Å². The Morgan fingerprint density at radius 1 is 1.10 bits per heavy atom. The van der Waals surface area contributed by atoms with Crippen LogP contribution in [0, 0.1) is 0 Å². The monoisotopic (exact) mass is 399 g/mol. The van der Waals surface area contributed by atoms with Crippen molar-refractivity contribution in [1.29, 1.82) is 0 Å². The molecule has 4 heterocycles. The maximum absolute atomic E-state index is 13.4. The van der Waals surface area contributed by atoms with E-state index in [1.165, 1.54) is 5.56 Å². The highest BCUT2D eigenvalue weighted by Crippen LogP contribution is 2.39. The van der Waals surface area contributed by atoms with Gasteiger partial charge in [-0.15, -0.1) is 0 Å². The molecule has 0 unspecified atom stereocenters. The van der Waals surface area contributed by atoms with Gasteiger partial charge in [0.15, 0.2) is 5.65 Å². The fourth-order valence-corrected chi connectivity index (χ4v) is 4.47. The third kappa shape index (κ3) is 2.65. The highest BCUT2D eigenvalue weighted by Gasteiger charge is 2.28. The van der Waals surface area contributed by atoms with Gasteiger partial charge in [-0.2, -0.15) is 5.10 Å². The van der Waals surface area contributed by atoms with Crippen LogP contribution in [-0.4, -0.2) is 31.6 Å². The number of carbonyl (C=O) groups excluding carboxylic acids is 1. The smallest absolute Gasteiger partial charge is 0.277 e. The van der Waals surface area contributed by atoms with Gasteiger partial charge in [0.05, 0.1) is 11.2 Å². The number of hydrogen-bond acceptors (Lipinski definition) is 4. The van der Waals surface area contributed by atoms with Gasteiger partial charge in [0, 0.05) is 24.3 Å². The predicted octanol–water partition coefficient (Wildman–Crippen LogP) is 2.90. The zero-order chi connectivity index (χ0) is 20.2. The number of anilines is 1. The molecule has 7 nitrogen and oxygen atoms in total. The molecule has 1 fully saturated rings. The summed E-state index contributed by atoms with van der Waals surface area (Å²) in [5, 5.41) is 4.65. The lowest BCUT2D eigenvalue weighted by molar-refractivity contribution is -0.119. The van der Waals surface area contributed by atoms with Gasteiger partial charge in [-0.25, -0.2) is 9.50 Å². The van der Waals surface area contributed by atoms with Crippen molar-refractivity contribution in [2.45, 2.75) is 38.1 Å². The summed E-state index contributed by atoms with van der Waals surface area (Å²) in [6.07, 6.45) is 5.80. The van der Waals surface area contributed by atoms with E-state index in [1.54, 1.807) is 21.3 Å². The van der Waals surface area contributed by atoms with E-state index in [4.69, 9.17) is 0 Å². The zero-order valence-corrected chi connectivity index (χ0v) is 16.5. The van der Waals surface area contributed by atoms with Gasteiger partial charge in [-0.3, -0.25) is 14.2 Å². The summed E-state index contributed by atoms with van der Waals surface area (Å²) < 4.78 is 3.19. The lowest BCUT2D eigenvalue weighted by Crippen LogP contribution is -2.40. The van der Waals surface area contributed by atoms with Gasteiger partial charge in [0.2, 0.25) is 5.91 Å². The zero-order valence-electron chi connectivity index (χ0n) is 16.5. The van der Waals surface area contributed by atoms with Crippen LogP contribution in [0.1, 0.15) is 36.4 Å². The molecule has 2 aliphatic rings. The van der Waals surface area contributed by atoms with E-state index in [9.17, 15) is 9.59 Å². The molecule has 7 heteroatoms. The number of fused-ring (bicyclic) bond motifs is 4. The lowest BCUT2D eigenvalue weighted by Gasteiger charge is -2.29. The second-order valence-corrected chi connectivity index (χ2v) is 8.16. The quantitative estimate of drug-likeness (QED) is 0.531. The summed E-state index contributed by atoms with van der Waals surface area (Å²) >= 11 is 0. The van der Waals surface area contributed by atoms with Crippen molar-refractivity contribution in [2.24, 2.45) is 0 Å². The normalized spacial score (nSPS) is 16.2. The van der Waals surface area contributed by atoms with Gasteiger partial charge in [0.1, 0.15) is 12.1 Å². The van der Waals surface area contributed by atoms with E-state index in [1.807, 2.05) is 35.2 Å². The van der Waals surface area contributed by atoms with Crippen molar-refractivity contribution in [3.05, 3.63) is 70.3 Å². The van der Waals surface area contributed by atoms with Crippen molar-refractivity contribution < 1.29 is 4.79 Å². The van der Waals surface area contributed by atoms with Crippen LogP contribution < -0.4 is 10.5 Å². The van der Waals surface area contributed by atoms with Gasteiger partial charge in [0.25, 0.3) is 5.56 Å². The number of benzene rings is 1. The highest BCUT2D eigenvalue weighted by atomic mass is 16.2. The number of hydrogen-bond donors (Lipinski definition) is 0. The standard InChI is InChI=1S/C23H21N5O2/c29-21(26-12-4-6-16-5-1-2-7-18(16)26)14-27-19-8-3-11-24-22(19)28-20(23(27)30)13-17(25-28)15-9-10-15/h1-3,5,7-8,11,13,15H,4,6,9-10,12,14H2. The van der Waals surface area contributed by atoms with Crippen molar-refractivity contribution in [2.75, 3.05) is 11.4 Å². The number of amides is 1. The first-order valence-corrected chi connectivity index (χ1v) is 10.5. The molecule has 0 N–H and O–H groups in total. The number of aromatic nitrogens is 4. The minimum atomic E-state index is -0.200. The molecule has 0 radical (unpaired) electrons. The van der Waals surface area contributed by atoms with E-state index in [0.29, 0.717) is 29.1 Å². The number of para-hydroxylation sites is 1. The molecule has 150 valence electrons. The molecule has 1 aliphatic heterocycles. The first-order chi connectivity index (χ1) is 14.7. The SMILES string of the molecule is O=C(Cn1c(=O)c2cc(C3CC3)nn2c2ncccc21)N1CCCc2ccccc21. The molecular formula is C23H21N5O2. The first kappa shape index (κ1) is 17.4. The van der Waals surface area contributed by atoms with Crippen molar-refractivity contribution in [1.82, 2.24) is 19.2 Å². The summed E-state index contributed by atoms with van der Waals surface area (Å²) in [4.78, 5) is 33.0. The Balaban J connectivity index is 1.47. The fourth-order valence-electron chi connectivity index (χ4n) is 4.47. The minimum absolute atomic E-state index is 0.0181. The minimum Gasteiger partial charge on any atom is -0.311 e. The fraction of sp³-hybridized carbons (Fsp3) is 0.304. The Kier molecular flexibility index (Phi) is 3.78. The van der Waals surface area contributed by atoms with E-state index < -0.39 is 0 Å². The van der Waals surface area contributed by atoms with E-state index in [0.717, 1.165) is 37.1 Å². The van der Waals surface area contributed by atoms with Crippen molar-refractivity contribution in [3.63, 3.8) is 0 Å². The lowest BCUT2D eigenvalue weighted by atomic mass is 10.0. The molecule has 1 amide bonds. The van der Waals surface area contributed by atoms with Crippen molar-refractivity contribution in [3.8, 4) is 0 Å². The summed E-state index contributed by atoms with van der Waals surface area (Å²) in [5.74, 6) is 0.351. The van der Waals surface area contributed by atoms with Gasteiger partial charge < -0.3 is 4.90 Å². The molecule has 1 aliphatic carbocycles. The molecule has 0 spiro atoms. The number of rotatable bonds is 3. The Hall–Kier alpha value is -3.48. The van der Waals surface area contributed by atoms with Crippen LogP contribution in [-0.2, 0) is 17.8 Å². The van der Waals surface area contributed by atoms with Crippen LogP contribution >= 0.6 is 0 Å². The van der Waals surface area contributed by atoms with E-state index >= 15 is 0 Å². The molecule has 1 saturated carbocycles. The van der Waals surface area contributed by atoms with Gasteiger partial charge in [-0.1, -0.05) is 18.2 Å². The van der Waals surface area contributed by atoms with Gasteiger partial charge in [-0.05, 0) is 55.5 Å². The topological polar surface area (TPSA) is 72.5 Å². The predicted molar refractivity (Wildman–Crippen MR) is 114 cm³/mol.